The van der Waals surface area contributed by atoms with E-state index in [0.29, 0.717) is 18.8 Å². The summed E-state index contributed by atoms with van der Waals surface area (Å²) in [7, 11) is 0. The third-order valence-electron chi connectivity index (χ3n) is 3.25. The maximum absolute atomic E-state index is 11.7. The molecule has 1 heterocycles. The highest BCUT2D eigenvalue weighted by molar-refractivity contribution is 5.91. The lowest BCUT2D eigenvalue weighted by molar-refractivity contribution is 0.0916. The molecule has 1 amide bonds. The van der Waals surface area contributed by atoms with Crippen LogP contribution in [-0.2, 0) is 6.42 Å². The van der Waals surface area contributed by atoms with E-state index < -0.39 is 0 Å². The molecule has 3 N–H and O–H groups in total. The molecule has 1 saturated carbocycles. The molecule has 16 heavy (non-hydrogen) atoms. The number of nitrogens with two attached hydrogens (primary N) is 1. The van der Waals surface area contributed by atoms with E-state index in [2.05, 4.69) is 5.32 Å². The number of nitrogens with one attached hydrogen (secondary N) is 1. The first kappa shape index (κ1) is 11.2. The van der Waals surface area contributed by atoms with Crippen molar-refractivity contribution < 1.29 is 9.21 Å². The molecular formula is C12H18N2O2. The molecule has 0 atom stereocenters. The minimum atomic E-state index is -0.139. The van der Waals surface area contributed by atoms with Crippen LogP contribution in [0.15, 0.2) is 16.5 Å². The Morgan fingerprint density at radius 3 is 2.81 bits per heavy atom. The van der Waals surface area contributed by atoms with Crippen LogP contribution in [0.3, 0.4) is 0 Å². The van der Waals surface area contributed by atoms with Crippen LogP contribution in [0, 0.1) is 5.41 Å². The first-order chi connectivity index (χ1) is 7.69. The standard InChI is InChI=1S/C12H18N2O2/c1-2-9-3-4-10(16-9)11(15)14-8-12(7-13)5-6-12/h3-4H,2,5-8,13H2,1H3,(H,14,15). The molecule has 88 valence electrons. The lowest BCUT2D eigenvalue weighted by Gasteiger charge is -2.12. The molecule has 0 bridgehead atoms. The Morgan fingerprint density at radius 2 is 2.31 bits per heavy atom. The van der Waals surface area contributed by atoms with Crippen molar-refractivity contribution in [2.75, 3.05) is 13.1 Å². The maximum atomic E-state index is 11.7. The second kappa shape index (κ2) is 4.29. The van der Waals surface area contributed by atoms with E-state index in [1.807, 2.05) is 13.0 Å². The van der Waals surface area contributed by atoms with Crippen LogP contribution in [0.2, 0.25) is 0 Å². The quantitative estimate of drug-likeness (QED) is 0.789. The Kier molecular flexibility index (Phi) is 3.01. The Morgan fingerprint density at radius 1 is 1.56 bits per heavy atom. The van der Waals surface area contributed by atoms with E-state index in [0.717, 1.165) is 25.0 Å². The van der Waals surface area contributed by atoms with Gasteiger partial charge in [-0.15, -0.1) is 0 Å². The van der Waals surface area contributed by atoms with Crippen LogP contribution in [0.25, 0.3) is 0 Å². The normalized spacial score (nSPS) is 17.1. The van der Waals surface area contributed by atoms with Crippen molar-refractivity contribution in [1.82, 2.24) is 5.32 Å². The molecule has 4 nitrogen and oxygen atoms in total. The van der Waals surface area contributed by atoms with Crippen molar-refractivity contribution in [3.63, 3.8) is 0 Å². The van der Waals surface area contributed by atoms with Gasteiger partial charge in [-0.1, -0.05) is 6.92 Å². The zero-order valence-electron chi connectivity index (χ0n) is 9.58. The van der Waals surface area contributed by atoms with Crippen molar-refractivity contribution in [3.8, 4) is 0 Å². The predicted molar refractivity (Wildman–Crippen MR) is 61.1 cm³/mol. The van der Waals surface area contributed by atoms with E-state index in [4.69, 9.17) is 10.2 Å². The number of hydrogen-bond donors (Lipinski definition) is 2. The smallest absolute Gasteiger partial charge is 0.287 e. The van der Waals surface area contributed by atoms with Crippen LogP contribution in [0.4, 0.5) is 0 Å². The summed E-state index contributed by atoms with van der Waals surface area (Å²) < 4.78 is 5.37. The van der Waals surface area contributed by atoms with Crippen molar-refractivity contribution in [2.45, 2.75) is 26.2 Å². The summed E-state index contributed by atoms with van der Waals surface area (Å²) in [6.07, 6.45) is 3.03. The first-order valence-corrected chi connectivity index (χ1v) is 5.76. The van der Waals surface area contributed by atoms with Gasteiger partial charge in [-0.2, -0.15) is 0 Å². The van der Waals surface area contributed by atoms with Gasteiger partial charge < -0.3 is 15.5 Å². The molecule has 0 aliphatic heterocycles. The molecule has 2 rings (SSSR count). The van der Waals surface area contributed by atoms with Crippen LogP contribution < -0.4 is 11.1 Å². The minimum Gasteiger partial charge on any atom is -0.456 e. The average Bonchev–Trinajstić information content (AvgIpc) is 2.94. The highest BCUT2D eigenvalue weighted by atomic mass is 16.3. The van der Waals surface area contributed by atoms with E-state index in [9.17, 15) is 4.79 Å². The average molecular weight is 222 g/mol. The molecule has 1 fully saturated rings. The fourth-order valence-electron chi connectivity index (χ4n) is 1.67. The Bertz CT molecular complexity index is 380. The van der Waals surface area contributed by atoms with Gasteiger partial charge in [-0.25, -0.2) is 0 Å². The largest absolute Gasteiger partial charge is 0.456 e. The summed E-state index contributed by atoms with van der Waals surface area (Å²) in [4.78, 5) is 11.7. The van der Waals surface area contributed by atoms with E-state index in [-0.39, 0.29) is 11.3 Å². The van der Waals surface area contributed by atoms with Gasteiger partial charge in [0.25, 0.3) is 5.91 Å². The molecule has 1 aromatic rings. The van der Waals surface area contributed by atoms with Crippen LogP contribution in [0.1, 0.15) is 36.1 Å². The Balaban J connectivity index is 1.88. The third-order valence-corrected chi connectivity index (χ3v) is 3.25. The number of aryl methyl sites for hydroxylation is 1. The molecule has 1 aromatic heterocycles. The molecule has 0 unspecified atom stereocenters. The van der Waals surface area contributed by atoms with E-state index in [1.54, 1.807) is 6.07 Å². The summed E-state index contributed by atoms with van der Waals surface area (Å²) in [5, 5.41) is 2.88. The summed E-state index contributed by atoms with van der Waals surface area (Å²) in [5.41, 5.74) is 5.81. The number of hydrogen-bond acceptors (Lipinski definition) is 3. The molecule has 1 aliphatic rings. The van der Waals surface area contributed by atoms with Crippen LogP contribution in [0.5, 0.6) is 0 Å². The predicted octanol–water partition coefficient (Wildman–Crippen LogP) is 1.31. The second-order valence-electron chi connectivity index (χ2n) is 4.51. The summed E-state index contributed by atoms with van der Waals surface area (Å²) >= 11 is 0. The first-order valence-electron chi connectivity index (χ1n) is 5.76. The van der Waals surface area contributed by atoms with Crippen molar-refractivity contribution in [3.05, 3.63) is 23.7 Å². The number of carbonyl (C=O) groups is 1. The lowest BCUT2D eigenvalue weighted by atomic mass is 10.1. The fourth-order valence-corrected chi connectivity index (χ4v) is 1.67. The van der Waals surface area contributed by atoms with Crippen molar-refractivity contribution in [2.24, 2.45) is 11.1 Å². The Hall–Kier alpha value is -1.29. The van der Waals surface area contributed by atoms with Gasteiger partial charge in [0.2, 0.25) is 0 Å². The Labute approximate surface area is 95.2 Å². The maximum Gasteiger partial charge on any atom is 0.287 e. The zero-order valence-corrected chi connectivity index (χ0v) is 9.58. The number of rotatable bonds is 5. The molecule has 0 aromatic carbocycles. The van der Waals surface area contributed by atoms with Gasteiger partial charge >= 0.3 is 0 Å². The van der Waals surface area contributed by atoms with Gasteiger partial charge in [0.1, 0.15) is 5.76 Å². The highest BCUT2D eigenvalue weighted by Gasteiger charge is 2.41. The topological polar surface area (TPSA) is 68.3 Å². The molecule has 0 radical (unpaired) electrons. The second-order valence-corrected chi connectivity index (χ2v) is 4.51. The minimum absolute atomic E-state index is 0.139. The van der Waals surface area contributed by atoms with Gasteiger partial charge in [-0.3, -0.25) is 4.79 Å². The number of furan rings is 1. The monoisotopic (exact) mass is 222 g/mol. The molecular weight excluding hydrogens is 204 g/mol. The zero-order chi connectivity index (χ0) is 11.6. The van der Waals surface area contributed by atoms with Gasteiger partial charge in [0.05, 0.1) is 0 Å². The molecule has 4 heteroatoms. The number of carbonyl (C=O) groups excluding carboxylic acids is 1. The highest BCUT2D eigenvalue weighted by Crippen LogP contribution is 2.43. The lowest BCUT2D eigenvalue weighted by Crippen LogP contribution is -2.33. The fraction of sp³-hybridized carbons (Fsp3) is 0.583. The summed E-state index contributed by atoms with van der Waals surface area (Å²) in [6.45, 7) is 3.30. The van der Waals surface area contributed by atoms with Crippen LogP contribution in [-0.4, -0.2) is 19.0 Å². The van der Waals surface area contributed by atoms with E-state index in [1.165, 1.54) is 0 Å². The molecule has 0 saturated heterocycles. The third kappa shape index (κ3) is 2.27. The van der Waals surface area contributed by atoms with Crippen LogP contribution >= 0.6 is 0 Å². The summed E-state index contributed by atoms with van der Waals surface area (Å²) in [6, 6.07) is 3.56. The molecule has 0 spiro atoms. The van der Waals surface area contributed by atoms with Crippen molar-refractivity contribution in [1.29, 1.82) is 0 Å². The van der Waals surface area contributed by atoms with Gasteiger partial charge in [0.15, 0.2) is 5.76 Å². The number of amides is 1. The van der Waals surface area contributed by atoms with Gasteiger partial charge in [0, 0.05) is 18.4 Å². The summed E-state index contributed by atoms with van der Waals surface area (Å²) in [5.74, 6) is 1.09. The van der Waals surface area contributed by atoms with Gasteiger partial charge in [-0.05, 0) is 31.5 Å². The molecule has 1 aliphatic carbocycles. The van der Waals surface area contributed by atoms with E-state index >= 15 is 0 Å². The van der Waals surface area contributed by atoms with Crippen molar-refractivity contribution >= 4 is 5.91 Å². The SMILES string of the molecule is CCc1ccc(C(=O)NCC2(CN)CC2)o1.